The molecule has 0 spiro atoms. The molecule has 5 heteroatoms. The maximum Gasteiger partial charge on any atom is 0.253 e. The van der Waals surface area contributed by atoms with Crippen molar-refractivity contribution >= 4 is 28.6 Å². The van der Waals surface area contributed by atoms with Crippen LogP contribution in [-0.4, -0.2) is 31.4 Å². The van der Waals surface area contributed by atoms with Crippen molar-refractivity contribution in [3.8, 4) is 0 Å². The van der Waals surface area contributed by atoms with Crippen molar-refractivity contribution in [3.63, 3.8) is 0 Å². The average Bonchev–Trinajstić information content (AvgIpc) is 2.94. The molecule has 0 atom stereocenters. The average molecular weight is 301 g/mol. The molecule has 4 nitrogen and oxygen atoms in total. The maximum absolute atomic E-state index is 12.1. The molecule has 21 heavy (non-hydrogen) atoms. The summed E-state index contributed by atoms with van der Waals surface area (Å²) >= 11 is 1.82. The summed E-state index contributed by atoms with van der Waals surface area (Å²) in [5.41, 5.74) is 9.86. The van der Waals surface area contributed by atoms with Gasteiger partial charge in [0.15, 0.2) is 0 Å². The number of thiophene rings is 1. The van der Waals surface area contributed by atoms with Crippen molar-refractivity contribution in [1.29, 1.82) is 0 Å². The third kappa shape index (κ3) is 2.61. The molecule has 3 rings (SSSR count). The van der Waals surface area contributed by atoms with Gasteiger partial charge < -0.3 is 15.5 Å². The molecule has 0 fully saturated rings. The van der Waals surface area contributed by atoms with Crippen LogP contribution in [0.1, 0.15) is 20.8 Å². The van der Waals surface area contributed by atoms with Crippen molar-refractivity contribution < 1.29 is 4.79 Å². The number of nitrogens with zero attached hydrogens (tertiary/aromatic N) is 2. The zero-order chi connectivity index (χ0) is 15.0. The van der Waals surface area contributed by atoms with Gasteiger partial charge in [-0.15, -0.1) is 11.3 Å². The third-order valence-corrected chi connectivity index (χ3v) is 4.85. The topological polar surface area (TPSA) is 49.6 Å². The van der Waals surface area contributed by atoms with E-state index in [1.54, 1.807) is 25.1 Å². The lowest BCUT2D eigenvalue weighted by Gasteiger charge is -2.30. The Kier molecular flexibility index (Phi) is 3.59. The normalized spacial score (nSPS) is 13.9. The van der Waals surface area contributed by atoms with Gasteiger partial charge >= 0.3 is 0 Å². The first kappa shape index (κ1) is 13.9. The number of benzene rings is 1. The van der Waals surface area contributed by atoms with Gasteiger partial charge in [-0.1, -0.05) is 0 Å². The molecule has 1 aliphatic rings. The second-order valence-corrected chi connectivity index (χ2v) is 6.51. The van der Waals surface area contributed by atoms with Crippen LogP contribution in [0.15, 0.2) is 29.6 Å². The fraction of sp³-hybridized carbons (Fsp3) is 0.312. The molecule has 1 aromatic carbocycles. The van der Waals surface area contributed by atoms with Crippen LogP contribution in [-0.2, 0) is 13.0 Å². The summed E-state index contributed by atoms with van der Waals surface area (Å²) in [5, 5.41) is 2.14. The van der Waals surface area contributed by atoms with Crippen molar-refractivity contribution in [2.24, 2.45) is 0 Å². The minimum atomic E-state index is 0.00415. The minimum Gasteiger partial charge on any atom is -0.397 e. The zero-order valence-electron chi connectivity index (χ0n) is 12.3. The Morgan fingerprint density at radius 1 is 1.33 bits per heavy atom. The van der Waals surface area contributed by atoms with Crippen molar-refractivity contribution in [3.05, 3.63) is 45.6 Å². The third-order valence-electron chi connectivity index (χ3n) is 3.83. The van der Waals surface area contributed by atoms with E-state index in [0.717, 1.165) is 30.9 Å². The number of rotatable bonds is 2. The molecule has 2 N–H and O–H groups in total. The van der Waals surface area contributed by atoms with E-state index in [1.807, 2.05) is 23.5 Å². The van der Waals surface area contributed by atoms with Gasteiger partial charge in [-0.25, -0.2) is 0 Å². The van der Waals surface area contributed by atoms with E-state index in [2.05, 4.69) is 16.3 Å². The molecule has 1 aromatic heterocycles. The Morgan fingerprint density at radius 2 is 2.14 bits per heavy atom. The number of amides is 1. The van der Waals surface area contributed by atoms with Crippen LogP contribution >= 0.6 is 11.3 Å². The number of nitrogen functional groups attached to an aromatic ring is 1. The highest BCUT2D eigenvalue weighted by Gasteiger charge is 2.20. The highest BCUT2D eigenvalue weighted by Crippen LogP contribution is 2.31. The van der Waals surface area contributed by atoms with E-state index in [9.17, 15) is 4.79 Å². The summed E-state index contributed by atoms with van der Waals surface area (Å²) in [6.07, 6.45) is 1.04. The summed E-state index contributed by atoms with van der Waals surface area (Å²) < 4.78 is 0. The Labute approximate surface area is 128 Å². The number of fused-ring (bicyclic) bond motifs is 1. The van der Waals surface area contributed by atoms with Crippen LogP contribution in [0.25, 0.3) is 0 Å². The van der Waals surface area contributed by atoms with Crippen LogP contribution in [0.5, 0.6) is 0 Å². The molecule has 110 valence electrons. The zero-order valence-corrected chi connectivity index (χ0v) is 13.1. The Balaban J connectivity index is 1.92. The number of anilines is 2. The van der Waals surface area contributed by atoms with E-state index >= 15 is 0 Å². The van der Waals surface area contributed by atoms with Crippen molar-refractivity contribution in [1.82, 2.24) is 4.90 Å². The predicted molar refractivity (Wildman–Crippen MR) is 87.9 cm³/mol. The van der Waals surface area contributed by atoms with Crippen LogP contribution in [0.2, 0.25) is 0 Å². The Morgan fingerprint density at radius 3 is 2.90 bits per heavy atom. The molecule has 0 saturated carbocycles. The first-order valence-corrected chi connectivity index (χ1v) is 7.85. The van der Waals surface area contributed by atoms with Gasteiger partial charge in [-0.2, -0.15) is 0 Å². The van der Waals surface area contributed by atoms with Crippen LogP contribution in [0.4, 0.5) is 11.4 Å². The molecule has 1 aliphatic heterocycles. The number of hydrogen-bond acceptors (Lipinski definition) is 4. The maximum atomic E-state index is 12.1. The van der Waals surface area contributed by atoms with Crippen molar-refractivity contribution in [2.75, 3.05) is 31.3 Å². The van der Waals surface area contributed by atoms with Gasteiger partial charge in [0.05, 0.1) is 11.4 Å². The monoisotopic (exact) mass is 301 g/mol. The Hall–Kier alpha value is -2.01. The first-order chi connectivity index (χ1) is 10.1. The van der Waals surface area contributed by atoms with Gasteiger partial charge in [0, 0.05) is 37.6 Å². The second kappa shape index (κ2) is 5.41. The van der Waals surface area contributed by atoms with Gasteiger partial charge in [0.2, 0.25) is 0 Å². The molecule has 1 amide bonds. The number of carbonyl (C=O) groups excluding carboxylic acids is 1. The molecule has 0 saturated heterocycles. The molecule has 2 heterocycles. The first-order valence-electron chi connectivity index (χ1n) is 6.97. The van der Waals surface area contributed by atoms with E-state index in [1.165, 1.54) is 10.4 Å². The molecular formula is C16H19N3OS. The minimum absolute atomic E-state index is 0.00415. The largest absolute Gasteiger partial charge is 0.397 e. The predicted octanol–water partition coefficient (Wildman–Crippen LogP) is 2.59. The lowest BCUT2D eigenvalue weighted by atomic mass is 10.1. The van der Waals surface area contributed by atoms with E-state index in [-0.39, 0.29) is 5.91 Å². The number of carbonyl (C=O) groups is 1. The highest BCUT2D eigenvalue weighted by molar-refractivity contribution is 7.10. The van der Waals surface area contributed by atoms with Gasteiger partial charge in [-0.3, -0.25) is 4.79 Å². The summed E-state index contributed by atoms with van der Waals surface area (Å²) in [6.45, 7) is 1.81. The molecular weight excluding hydrogens is 282 g/mol. The molecule has 2 aromatic rings. The smallest absolute Gasteiger partial charge is 0.253 e. The van der Waals surface area contributed by atoms with Crippen LogP contribution in [0, 0.1) is 0 Å². The van der Waals surface area contributed by atoms with Gasteiger partial charge in [0.25, 0.3) is 5.91 Å². The van der Waals surface area contributed by atoms with E-state index in [4.69, 9.17) is 5.73 Å². The highest BCUT2D eigenvalue weighted by atomic mass is 32.1. The molecule has 0 unspecified atom stereocenters. The fourth-order valence-corrected chi connectivity index (χ4v) is 3.55. The molecule has 0 aliphatic carbocycles. The summed E-state index contributed by atoms with van der Waals surface area (Å²) in [4.78, 5) is 17.4. The van der Waals surface area contributed by atoms with Crippen LogP contribution in [0.3, 0.4) is 0 Å². The standard InChI is InChI=1S/C16H19N3OS/c1-18(2)16(20)11-3-4-13(17)14(9-11)19-7-5-15-12(10-19)6-8-21-15/h3-4,6,8-9H,5,7,10,17H2,1-2H3. The van der Waals surface area contributed by atoms with E-state index < -0.39 is 0 Å². The lowest BCUT2D eigenvalue weighted by molar-refractivity contribution is 0.0827. The SMILES string of the molecule is CN(C)C(=O)c1ccc(N)c(N2CCc3sccc3C2)c1. The van der Waals surface area contributed by atoms with Crippen LogP contribution < -0.4 is 10.6 Å². The number of nitrogens with two attached hydrogens (primary N) is 1. The molecule has 0 bridgehead atoms. The molecule has 0 radical (unpaired) electrons. The second-order valence-electron chi connectivity index (χ2n) is 5.51. The summed E-state index contributed by atoms with van der Waals surface area (Å²) in [7, 11) is 3.52. The van der Waals surface area contributed by atoms with Gasteiger partial charge in [0.1, 0.15) is 0 Å². The fourth-order valence-electron chi connectivity index (χ4n) is 2.66. The number of hydrogen-bond donors (Lipinski definition) is 1. The van der Waals surface area contributed by atoms with Crippen molar-refractivity contribution in [2.45, 2.75) is 13.0 Å². The van der Waals surface area contributed by atoms with Gasteiger partial charge in [-0.05, 0) is 41.6 Å². The summed E-state index contributed by atoms with van der Waals surface area (Å²) in [6, 6.07) is 7.71. The Bertz CT molecular complexity index is 678. The van der Waals surface area contributed by atoms with E-state index in [0.29, 0.717) is 5.56 Å². The quantitative estimate of drug-likeness (QED) is 0.867. The summed E-state index contributed by atoms with van der Waals surface area (Å²) in [5.74, 6) is 0.00415. The lowest BCUT2D eigenvalue weighted by Crippen LogP contribution is -2.30.